The normalized spacial score (nSPS) is 22.5. The maximum Gasteiger partial charge on any atom is 0.0852 e. The van der Waals surface area contributed by atoms with E-state index in [-0.39, 0.29) is 0 Å². The predicted molar refractivity (Wildman–Crippen MR) is 115 cm³/mol. The predicted octanol–water partition coefficient (Wildman–Crippen LogP) is 6.69. The Morgan fingerprint density at radius 1 is 0.818 bits per heavy atom. The van der Waals surface area contributed by atoms with Gasteiger partial charge in [-0.3, -0.25) is 0 Å². The van der Waals surface area contributed by atoms with Crippen LogP contribution in [0, 0.1) is 0 Å². The molecular weight excluding hydrogens is 329 g/mol. The second-order valence-corrected chi connectivity index (χ2v) is 31.2. The summed E-state index contributed by atoms with van der Waals surface area (Å²) in [4.78, 5) is 1.94. The van der Waals surface area contributed by atoms with Crippen LogP contribution < -0.4 is 0 Å². The topological polar surface area (TPSA) is 0 Å². The molecule has 1 radical (unpaired) electrons. The second-order valence-electron chi connectivity index (χ2n) is 11.2. The summed E-state index contributed by atoms with van der Waals surface area (Å²) in [6.07, 6.45) is 5.50. The van der Waals surface area contributed by atoms with Gasteiger partial charge in [0.1, 0.15) is 0 Å². The van der Waals surface area contributed by atoms with Crippen molar-refractivity contribution in [3.05, 3.63) is 22.2 Å². The van der Waals surface area contributed by atoms with Crippen LogP contribution in [-0.4, -0.2) is 33.0 Å². The van der Waals surface area contributed by atoms with Crippen molar-refractivity contribution in [3.63, 3.8) is 0 Å². The molecule has 0 aromatic rings. The minimum Gasteiger partial charge on any atom is -0.0915 e. The highest BCUT2D eigenvalue weighted by Crippen LogP contribution is 2.48. The fourth-order valence-corrected chi connectivity index (χ4v) is 19.7. The Morgan fingerprint density at radius 3 is 1.55 bits per heavy atom. The fourth-order valence-electron chi connectivity index (χ4n) is 3.35. The largest absolute Gasteiger partial charge is 0.0915 e. The van der Waals surface area contributed by atoms with E-state index in [1.54, 1.807) is 5.20 Å². The van der Waals surface area contributed by atoms with Gasteiger partial charge < -0.3 is 0 Å². The zero-order chi connectivity index (χ0) is 17.7. The third-order valence-corrected chi connectivity index (χ3v) is 20.1. The summed E-state index contributed by atoms with van der Waals surface area (Å²) in [6, 6.07) is 0. The Kier molecular flexibility index (Phi) is 5.57. The Balaban J connectivity index is 3.61. The minimum absolute atomic E-state index is 0.462. The zero-order valence-electron chi connectivity index (χ0n) is 17.2. The molecular formula is C18H39Si4. The van der Waals surface area contributed by atoms with E-state index in [0.29, 0.717) is 5.04 Å². The van der Waals surface area contributed by atoms with Gasteiger partial charge >= 0.3 is 0 Å². The summed E-state index contributed by atoms with van der Waals surface area (Å²) in [7, 11) is -4.22. The van der Waals surface area contributed by atoms with Crippen LogP contribution in [0.15, 0.2) is 22.2 Å². The molecule has 0 N–H and O–H groups in total. The number of hydrogen-bond acceptors (Lipinski definition) is 0. The number of hydrogen-bond donors (Lipinski definition) is 0. The molecule has 1 rings (SSSR count). The van der Waals surface area contributed by atoms with Crippen molar-refractivity contribution in [2.75, 3.05) is 0 Å². The van der Waals surface area contributed by atoms with E-state index >= 15 is 0 Å². The summed E-state index contributed by atoms with van der Waals surface area (Å²) in [5.41, 5.74) is 0. The van der Waals surface area contributed by atoms with Gasteiger partial charge in [0.2, 0.25) is 0 Å². The van der Waals surface area contributed by atoms with E-state index in [4.69, 9.17) is 0 Å². The fraction of sp³-hybridized carbons (Fsp3) is 0.778. The molecule has 0 spiro atoms. The molecule has 0 bridgehead atoms. The molecule has 0 aromatic heterocycles. The molecule has 1 aliphatic rings. The van der Waals surface area contributed by atoms with Crippen molar-refractivity contribution < 1.29 is 0 Å². The molecule has 0 aliphatic carbocycles. The monoisotopic (exact) mass is 367 g/mol. The van der Waals surface area contributed by atoms with Gasteiger partial charge in [0.25, 0.3) is 0 Å². The van der Waals surface area contributed by atoms with Crippen LogP contribution in [0.2, 0.25) is 69.1 Å². The molecule has 1 heterocycles. The van der Waals surface area contributed by atoms with Crippen molar-refractivity contribution in [2.45, 2.75) is 89.9 Å². The standard InChI is InChI=1S/C18H39Si4/c1-18(2,3)19-16(21(7,8)9)13-15(20(4,5)6)14-17(19)22(10,11)12/h13-14,16H,1-12H3. The number of allylic oxidation sites excluding steroid dienone is 3. The first-order chi connectivity index (χ1) is 9.45. The van der Waals surface area contributed by atoms with Gasteiger partial charge in [-0.1, -0.05) is 102 Å². The summed E-state index contributed by atoms with van der Waals surface area (Å²) in [5, 5.41) is 3.10. The lowest BCUT2D eigenvalue weighted by atomic mass is 10.2. The highest BCUT2D eigenvalue weighted by molar-refractivity contribution is 7.05. The second kappa shape index (κ2) is 6.01. The van der Waals surface area contributed by atoms with Gasteiger partial charge in [0, 0.05) is 8.07 Å². The van der Waals surface area contributed by atoms with E-state index < -0.39 is 33.0 Å². The van der Waals surface area contributed by atoms with Crippen LogP contribution >= 0.6 is 0 Å². The van der Waals surface area contributed by atoms with Gasteiger partial charge in [0.05, 0.1) is 24.9 Å². The first-order valence-electron chi connectivity index (χ1n) is 8.78. The summed E-state index contributed by atoms with van der Waals surface area (Å²) in [6.45, 7) is 30.6. The minimum atomic E-state index is -1.26. The average Bonchev–Trinajstić information content (AvgIpc) is 2.22. The van der Waals surface area contributed by atoms with Crippen LogP contribution in [0.5, 0.6) is 0 Å². The van der Waals surface area contributed by atoms with Gasteiger partial charge in [-0.05, 0) is 10.2 Å². The maximum absolute atomic E-state index is 2.78. The Hall–Kier alpha value is 0.348. The van der Waals surface area contributed by atoms with E-state index in [9.17, 15) is 0 Å². The van der Waals surface area contributed by atoms with Crippen molar-refractivity contribution in [3.8, 4) is 0 Å². The zero-order valence-corrected chi connectivity index (χ0v) is 21.2. The summed E-state index contributed by atoms with van der Waals surface area (Å²) < 4.78 is 0. The van der Waals surface area contributed by atoms with Crippen LogP contribution in [0.4, 0.5) is 0 Å². The quantitative estimate of drug-likeness (QED) is 0.487. The van der Waals surface area contributed by atoms with Crippen LogP contribution in [0.25, 0.3) is 0 Å². The van der Waals surface area contributed by atoms with E-state index in [2.05, 4.69) is 91.8 Å². The Bertz CT molecular complexity index is 473. The van der Waals surface area contributed by atoms with Gasteiger partial charge in [0.15, 0.2) is 0 Å². The molecule has 22 heavy (non-hydrogen) atoms. The SMILES string of the molecule is CC(C)(C)[Si]1C([Si](C)(C)C)=CC([Si](C)(C)C)=CC1[Si](C)(C)C. The van der Waals surface area contributed by atoms with Crippen LogP contribution in [0.1, 0.15) is 20.8 Å². The van der Waals surface area contributed by atoms with E-state index in [0.717, 1.165) is 5.16 Å². The van der Waals surface area contributed by atoms with Crippen molar-refractivity contribution in [1.82, 2.24) is 0 Å². The lowest BCUT2D eigenvalue weighted by molar-refractivity contribution is 0.734. The molecule has 0 amide bonds. The molecule has 127 valence electrons. The highest BCUT2D eigenvalue weighted by atomic mass is 28.4. The van der Waals surface area contributed by atoms with Crippen molar-refractivity contribution >= 4 is 33.0 Å². The Morgan fingerprint density at radius 2 is 1.27 bits per heavy atom. The lowest BCUT2D eigenvalue weighted by Crippen LogP contribution is -2.51. The first-order valence-corrected chi connectivity index (χ1v) is 20.9. The summed E-state index contributed by atoms with van der Waals surface area (Å²) in [5.74, 6) is 0. The van der Waals surface area contributed by atoms with Crippen molar-refractivity contribution in [2.24, 2.45) is 0 Å². The molecule has 0 fully saturated rings. The molecule has 1 aliphatic heterocycles. The first kappa shape index (κ1) is 20.4. The highest BCUT2D eigenvalue weighted by Gasteiger charge is 2.47. The Labute approximate surface area is 145 Å². The van der Waals surface area contributed by atoms with Gasteiger partial charge in [-0.25, -0.2) is 0 Å². The van der Waals surface area contributed by atoms with E-state index in [1.165, 1.54) is 0 Å². The molecule has 4 heteroatoms. The van der Waals surface area contributed by atoms with Gasteiger partial charge in [-0.15, -0.1) is 0 Å². The molecule has 0 nitrogen and oxygen atoms in total. The molecule has 0 saturated heterocycles. The van der Waals surface area contributed by atoms with Crippen molar-refractivity contribution in [1.29, 1.82) is 0 Å². The third kappa shape index (κ3) is 4.68. The molecule has 1 atom stereocenters. The van der Waals surface area contributed by atoms with Crippen LogP contribution in [-0.2, 0) is 0 Å². The van der Waals surface area contributed by atoms with Crippen LogP contribution in [0.3, 0.4) is 0 Å². The third-order valence-electron chi connectivity index (χ3n) is 4.66. The summed E-state index contributed by atoms with van der Waals surface area (Å²) >= 11 is 0. The average molecular weight is 368 g/mol. The van der Waals surface area contributed by atoms with E-state index in [1.807, 2.05) is 4.82 Å². The molecule has 0 saturated carbocycles. The maximum atomic E-state index is 2.78. The molecule has 1 unspecified atom stereocenters. The number of rotatable bonds is 3. The smallest absolute Gasteiger partial charge is 0.0852 e. The van der Waals surface area contributed by atoms with Gasteiger partial charge in [-0.2, -0.15) is 0 Å². The molecule has 0 aromatic carbocycles. The lowest BCUT2D eigenvalue weighted by Gasteiger charge is -2.48.